The zero-order chi connectivity index (χ0) is 34.9. The van der Waals surface area contributed by atoms with Crippen molar-refractivity contribution in [3.63, 3.8) is 0 Å². The van der Waals surface area contributed by atoms with Crippen molar-refractivity contribution in [2.75, 3.05) is 5.73 Å². The molecule has 0 saturated carbocycles. The zero-order valence-electron chi connectivity index (χ0n) is 28.4. The lowest BCUT2D eigenvalue weighted by molar-refractivity contribution is 1.17. The normalized spacial score (nSPS) is 11.5. The summed E-state index contributed by atoms with van der Waals surface area (Å²) >= 11 is 0. The third-order valence-corrected chi connectivity index (χ3v) is 9.82. The molecular formula is C48H34N4. The molecule has 2 heterocycles. The van der Waals surface area contributed by atoms with Crippen LogP contribution in [0.15, 0.2) is 176 Å². The van der Waals surface area contributed by atoms with Gasteiger partial charge in [-0.3, -0.25) is 0 Å². The summed E-state index contributed by atoms with van der Waals surface area (Å²) in [7, 11) is 0. The number of fused-ring (bicyclic) bond motifs is 4. The Balaban J connectivity index is 0.924. The van der Waals surface area contributed by atoms with Crippen LogP contribution in [-0.4, -0.2) is 15.0 Å². The highest BCUT2D eigenvalue weighted by molar-refractivity contribution is 6.13. The molecule has 52 heavy (non-hydrogen) atoms. The minimum Gasteiger partial charge on any atom is -0.396 e. The smallest absolute Gasteiger partial charge is 0.159 e. The van der Waals surface area contributed by atoms with Crippen molar-refractivity contribution in [3.8, 4) is 44.9 Å². The second kappa shape index (κ2) is 13.4. The van der Waals surface area contributed by atoms with Gasteiger partial charge in [-0.15, -0.1) is 0 Å². The second-order valence-corrected chi connectivity index (χ2v) is 13.1. The van der Waals surface area contributed by atoms with Crippen molar-refractivity contribution in [1.29, 1.82) is 0 Å². The average molecular weight is 667 g/mol. The number of allylic oxidation sites excluding steroid dienone is 1. The van der Waals surface area contributed by atoms with Crippen LogP contribution in [0, 0.1) is 0 Å². The number of nitrogens with zero attached hydrogens (tertiary/aromatic N) is 3. The molecule has 0 amide bonds. The fourth-order valence-corrected chi connectivity index (χ4v) is 7.01. The molecule has 0 radical (unpaired) electrons. The van der Waals surface area contributed by atoms with Crippen molar-refractivity contribution in [2.24, 2.45) is 0 Å². The Morgan fingerprint density at radius 2 is 1.15 bits per heavy atom. The molecule has 0 aliphatic heterocycles. The third-order valence-electron chi connectivity index (χ3n) is 9.82. The van der Waals surface area contributed by atoms with Crippen LogP contribution in [0.3, 0.4) is 0 Å². The van der Waals surface area contributed by atoms with Gasteiger partial charge in [-0.25, -0.2) is 15.0 Å². The summed E-state index contributed by atoms with van der Waals surface area (Å²) in [5.41, 5.74) is 17.9. The highest BCUT2D eigenvalue weighted by Gasteiger charge is 2.11. The summed E-state index contributed by atoms with van der Waals surface area (Å²) in [5, 5.41) is 6.06. The molecule has 0 bridgehead atoms. The quantitative estimate of drug-likeness (QED) is 0.136. The number of benzene rings is 7. The maximum Gasteiger partial charge on any atom is 0.159 e. The predicted octanol–water partition coefficient (Wildman–Crippen LogP) is 11.8. The standard InChI is InChI=1S/C48H34N4/c49-46-36(13-8-9-32-17-19-38(20-18-32)48-50-30-40(31-51-48)33-10-2-1-3-11-33)25-26-37-27-28-45(52-47(37)46)35-23-21-34(22-24-35)44-29-39-12-4-5-14-41(39)42-15-6-7-16-43(42)44/h1-8,10-31H,9,49H2/b13-8-. The maximum atomic E-state index is 6.75. The van der Waals surface area contributed by atoms with Crippen LogP contribution in [0.4, 0.5) is 5.69 Å². The summed E-state index contributed by atoms with van der Waals surface area (Å²) in [4.78, 5) is 14.3. The van der Waals surface area contributed by atoms with E-state index in [0.29, 0.717) is 11.5 Å². The Hall–Kier alpha value is -6.91. The van der Waals surface area contributed by atoms with Gasteiger partial charge in [-0.2, -0.15) is 0 Å². The molecule has 0 saturated heterocycles. The summed E-state index contributed by atoms with van der Waals surface area (Å²) in [6, 6.07) is 55.2. The van der Waals surface area contributed by atoms with Gasteiger partial charge in [0.1, 0.15) is 0 Å². The number of anilines is 1. The van der Waals surface area contributed by atoms with E-state index in [1.165, 1.54) is 38.2 Å². The first-order valence-corrected chi connectivity index (χ1v) is 17.5. The number of aromatic nitrogens is 3. The number of hydrogen-bond acceptors (Lipinski definition) is 4. The van der Waals surface area contributed by atoms with Gasteiger partial charge in [0.05, 0.1) is 16.9 Å². The lowest BCUT2D eigenvalue weighted by Gasteiger charge is -2.12. The molecule has 0 aliphatic carbocycles. The van der Waals surface area contributed by atoms with E-state index in [2.05, 4.69) is 162 Å². The number of nitrogen functional groups attached to an aromatic ring is 1. The first kappa shape index (κ1) is 31.1. The Morgan fingerprint density at radius 3 is 1.94 bits per heavy atom. The Bertz CT molecular complexity index is 2730. The first-order chi connectivity index (χ1) is 25.7. The van der Waals surface area contributed by atoms with Gasteiger partial charge in [-0.1, -0.05) is 158 Å². The van der Waals surface area contributed by atoms with Crippen molar-refractivity contribution >= 4 is 44.2 Å². The number of nitrogens with two attached hydrogens (primary N) is 1. The minimum atomic E-state index is 0.682. The van der Waals surface area contributed by atoms with E-state index in [9.17, 15) is 0 Å². The maximum absolute atomic E-state index is 6.75. The molecule has 9 rings (SSSR count). The summed E-state index contributed by atoms with van der Waals surface area (Å²) < 4.78 is 0. The monoisotopic (exact) mass is 666 g/mol. The first-order valence-electron chi connectivity index (χ1n) is 17.5. The Kier molecular flexibility index (Phi) is 8.03. The van der Waals surface area contributed by atoms with Crippen LogP contribution in [0.1, 0.15) is 11.1 Å². The summed E-state index contributed by atoms with van der Waals surface area (Å²) in [6.07, 6.45) is 8.77. The van der Waals surface area contributed by atoms with Crippen molar-refractivity contribution < 1.29 is 0 Å². The molecule has 2 aromatic heterocycles. The molecule has 0 aliphatic rings. The van der Waals surface area contributed by atoms with Gasteiger partial charge in [0.2, 0.25) is 0 Å². The largest absolute Gasteiger partial charge is 0.396 e. The molecular weight excluding hydrogens is 633 g/mol. The van der Waals surface area contributed by atoms with E-state index in [1.807, 2.05) is 30.6 Å². The highest BCUT2D eigenvalue weighted by atomic mass is 14.9. The van der Waals surface area contributed by atoms with E-state index >= 15 is 0 Å². The van der Waals surface area contributed by atoms with Gasteiger partial charge in [0.25, 0.3) is 0 Å². The molecule has 0 fully saturated rings. The SMILES string of the molecule is Nc1c(/C=C\Cc2ccc(-c3ncc(-c4ccccc4)cn3)cc2)ccc2ccc(-c3ccc(-c4cc5ccccc5c5ccccc45)cc3)nc12. The van der Waals surface area contributed by atoms with E-state index in [0.717, 1.165) is 50.8 Å². The average Bonchev–Trinajstić information content (AvgIpc) is 3.22. The van der Waals surface area contributed by atoms with Crippen LogP contribution in [0.25, 0.3) is 83.4 Å². The van der Waals surface area contributed by atoms with Gasteiger partial charge in [-0.05, 0) is 67.9 Å². The molecule has 4 nitrogen and oxygen atoms in total. The minimum absolute atomic E-state index is 0.682. The summed E-state index contributed by atoms with van der Waals surface area (Å²) in [6.45, 7) is 0. The molecule has 0 spiro atoms. The van der Waals surface area contributed by atoms with E-state index in [1.54, 1.807) is 0 Å². The molecule has 2 N–H and O–H groups in total. The van der Waals surface area contributed by atoms with Gasteiger partial charge in [0, 0.05) is 34.5 Å². The molecule has 9 aromatic rings. The number of rotatable bonds is 7. The second-order valence-electron chi connectivity index (χ2n) is 13.1. The predicted molar refractivity (Wildman–Crippen MR) is 218 cm³/mol. The van der Waals surface area contributed by atoms with Gasteiger partial charge in [0.15, 0.2) is 5.82 Å². The zero-order valence-corrected chi connectivity index (χ0v) is 28.4. The molecule has 246 valence electrons. The Morgan fingerprint density at radius 1 is 0.500 bits per heavy atom. The Labute approximate surface area is 302 Å². The fourth-order valence-electron chi connectivity index (χ4n) is 7.01. The number of pyridine rings is 1. The molecule has 0 atom stereocenters. The van der Waals surface area contributed by atoms with Crippen LogP contribution < -0.4 is 5.73 Å². The lowest BCUT2D eigenvalue weighted by atomic mass is 9.93. The van der Waals surface area contributed by atoms with E-state index < -0.39 is 0 Å². The number of hydrogen-bond donors (Lipinski definition) is 1. The van der Waals surface area contributed by atoms with Crippen molar-refractivity contribution in [2.45, 2.75) is 6.42 Å². The van der Waals surface area contributed by atoms with E-state index in [-0.39, 0.29) is 0 Å². The third kappa shape index (κ3) is 5.97. The van der Waals surface area contributed by atoms with Crippen LogP contribution >= 0.6 is 0 Å². The highest BCUT2D eigenvalue weighted by Crippen LogP contribution is 2.36. The lowest BCUT2D eigenvalue weighted by Crippen LogP contribution is -1.95. The van der Waals surface area contributed by atoms with Crippen molar-refractivity contribution in [3.05, 3.63) is 187 Å². The van der Waals surface area contributed by atoms with Crippen LogP contribution in [0.2, 0.25) is 0 Å². The fraction of sp³-hybridized carbons (Fsp3) is 0.0208. The molecule has 0 unspecified atom stereocenters. The van der Waals surface area contributed by atoms with Gasteiger partial charge < -0.3 is 5.73 Å². The molecule has 7 aromatic carbocycles. The van der Waals surface area contributed by atoms with Gasteiger partial charge >= 0.3 is 0 Å². The van der Waals surface area contributed by atoms with Crippen LogP contribution in [0.5, 0.6) is 0 Å². The van der Waals surface area contributed by atoms with Crippen molar-refractivity contribution in [1.82, 2.24) is 15.0 Å². The topological polar surface area (TPSA) is 64.7 Å². The van der Waals surface area contributed by atoms with E-state index in [4.69, 9.17) is 10.7 Å². The summed E-state index contributed by atoms with van der Waals surface area (Å²) in [5.74, 6) is 0.715. The van der Waals surface area contributed by atoms with Crippen LogP contribution in [-0.2, 0) is 6.42 Å². The molecule has 4 heteroatoms.